The van der Waals surface area contributed by atoms with Crippen LogP contribution in [0.3, 0.4) is 0 Å². The van der Waals surface area contributed by atoms with Crippen molar-refractivity contribution in [1.82, 2.24) is 19.2 Å². The van der Waals surface area contributed by atoms with Gasteiger partial charge in [-0.25, -0.2) is 9.67 Å². The van der Waals surface area contributed by atoms with Gasteiger partial charge in [0.05, 0.1) is 41.7 Å². The van der Waals surface area contributed by atoms with Crippen molar-refractivity contribution in [1.29, 1.82) is 0 Å². The zero-order valence-corrected chi connectivity index (χ0v) is 17.4. The summed E-state index contributed by atoms with van der Waals surface area (Å²) in [6.45, 7) is 1.71. The van der Waals surface area contributed by atoms with Crippen molar-refractivity contribution >= 4 is 27.8 Å². The van der Waals surface area contributed by atoms with Crippen LogP contribution in [0.5, 0.6) is 5.75 Å². The fraction of sp³-hybridized carbons (Fsp3) is 0.160. The highest BCUT2D eigenvalue weighted by Gasteiger charge is 2.22. The molecule has 0 aliphatic carbocycles. The van der Waals surface area contributed by atoms with E-state index in [1.54, 1.807) is 10.9 Å². The Morgan fingerprint density at radius 1 is 0.969 bits per heavy atom. The van der Waals surface area contributed by atoms with E-state index in [1.807, 2.05) is 77.5 Å². The highest BCUT2D eigenvalue weighted by atomic mass is 16.5. The van der Waals surface area contributed by atoms with Crippen molar-refractivity contribution in [2.45, 2.75) is 13.0 Å². The molecule has 1 aliphatic heterocycles. The predicted molar refractivity (Wildman–Crippen MR) is 124 cm³/mol. The number of aryl methyl sites for hydroxylation is 2. The van der Waals surface area contributed by atoms with Crippen LogP contribution in [0.4, 0.5) is 11.4 Å². The molecule has 0 atom stereocenters. The van der Waals surface area contributed by atoms with Gasteiger partial charge < -0.3 is 14.0 Å². The van der Waals surface area contributed by atoms with Crippen LogP contribution in [0.15, 0.2) is 84.0 Å². The highest BCUT2D eigenvalue weighted by molar-refractivity contribution is 5.95. The molecule has 0 saturated carbocycles. The lowest BCUT2D eigenvalue weighted by Gasteiger charge is -2.31. The van der Waals surface area contributed by atoms with Crippen LogP contribution in [-0.4, -0.2) is 32.3 Å². The first kappa shape index (κ1) is 18.6. The van der Waals surface area contributed by atoms with Gasteiger partial charge in [0, 0.05) is 24.2 Å². The van der Waals surface area contributed by atoms with Crippen molar-refractivity contribution in [3.05, 3.63) is 95.3 Å². The van der Waals surface area contributed by atoms with Gasteiger partial charge in [0.25, 0.3) is 5.56 Å². The SMILES string of the molecule is O=c1c2c(N3CCOc4ccccc43)cccc2cnn1CCc1cn2ccccc2n1. The van der Waals surface area contributed by atoms with Gasteiger partial charge in [0.15, 0.2) is 0 Å². The monoisotopic (exact) mass is 423 g/mol. The lowest BCUT2D eigenvalue weighted by Crippen LogP contribution is -2.31. The second kappa shape index (κ2) is 7.53. The van der Waals surface area contributed by atoms with E-state index < -0.39 is 0 Å². The van der Waals surface area contributed by atoms with E-state index in [2.05, 4.69) is 15.0 Å². The average Bonchev–Trinajstić information content (AvgIpc) is 3.26. The minimum Gasteiger partial charge on any atom is -0.490 e. The van der Waals surface area contributed by atoms with Gasteiger partial charge in [0.2, 0.25) is 0 Å². The second-order valence-corrected chi connectivity index (χ2v) is 7.83. The summed E-state index contributed by atoms with van der Waals surface area (Å²) < 4.78 is 9.34. The van der Waals surface area contributed by atoms with Gasteiger partial charge >= 0.3 is 0 Å². The number of aromatic nitrogens is 4. The largest absolute Gasteiger partial charge is 0.490 e. The highest BCUT2D eigenvalue weighted by Crippen LogP contribution is 2.38. The Balaban J connectivity index is 1.39. The number of anilines is 2. The van der Waals surface area contributed by atoms with Crippen LogP contribution in [0.25, 0.3) is 16.4 Å². The Morgan fingerprint density at radius 2 is 1.84 bits per heavy atom. The van der Waals surface area contributed by atoms with Gasteiger partial charge in [0.1, 0.15) is 18.0 Å². The molecule has 0 fully saturated rings. The van der Waals surface area contributed by atoms with Crippen LogP contribution in [0, 0.1) is 0 Å². The van der Waals surface area contributed by atoms with Crippen molar-refractivity contribution in [3.63, 3.8) is 0 Å². The lowest BCUT2D eigenvalue weighted by atomic mass is 10.1. The van der Waals surface area contributed by atoms with E-state index in [0.717, 1.165) is 33.9 Å². The summed E-state index contributed by atoms with van der Waals surface area (Å²) in [5, 5.41) is 5.94. The summed E-state index contributed by atoms with van der Waals surface area (Å²) in [5.74, 6) is 0.831. The lowest BCUT2D eigenvalue weighted by molar-refractivity contribution is 0.314. The molecule has 32 heavy (non-hydrogen) atoms. The molecule has 0 spiro atoms. The Bertz CT molecular complexity index is 1470. The van der Waals surface area contributed by atoms with E-state index in [9.17, 15) is 4.79 Å². The number of para-hydroxylation sites is 2. The summed E-state index contributed by atoms with van der Waals surface area (Å²) in [7, 11) is 0. The van der Waals surface area contributed by atoms with E-state index in [1.165, 1.54) is 0 Å². The third-order valence-corrected chi connectivity index (χ3v) is 5.87. The summed E-state index contributed by atoms with van der Waals surface area (Å²) in [6, 6.07) is 19.7. The van der Waals surface area contributed by atoms with Crippen molar-refractivity contribution in [2.24, 2.45) is 0 Å². The first-order valence-corrected chi connectivity index (χ1v) is 10.7. The molecule has 3 aromatic heterocycles. The zero-order chi connectivity index (χ0) is 21.5. The fourth-order valence-corrected chi connectivity index (χ4v) is 4.34. The number of pyridine rings is 1. The summed E-state index contributed by atoms with van der Waals surface area (Å²) in [4.78, 5) is 20.3. The summed E-state index contributed by atoms with van der Waals surface area (Å²) in [6.07, 6.45) is 6.37. The van der Waals surface area contributed by atoms with E-state index in [-0.39, 0.29) is 5.56 Å². The van der Waals surface area contributed by atoms with Gasteiger partial charge in [-0.1, -0.05) is 30.3 Å². The maximum absolute atomic E-state index is 13.5. The molecule has 7 heteroatoms. The number of benzene rings is 2. The number of hydrogen-bond acceptors (Lipinski definition) is 5. The van der Waals surface area contributed by atoms with E-state index >= 15 is 0 Å². The number of hydrogen-bond donors (Lipinski definition) is 0. The Hall–Kier alpha value is -4.13. The molecule has 5 aromatic rings. The van der Waals surface area contributed by atoms with Crippen molar-refractivity contribution < 1.29 is 4.74 Å². The van der Waals surface area contributed by atoms with E-state index in [4.69, 9.17) is 4.74 Å². The number of rotatable bonds is 4. The molecule has 0 saturated heterocycles. The van der Waals surface area contributed by atoms with Crippen LogP contribution < -0.4 is 15.2 Å². The minimum absolute atomic E-state index is 0.0918. The molecular weight excluding hydrogens is 402 g/mol. The molecule has 0 unspecified atom stereocenters. The molecule has 2 aromatic carbocycles. The number of fused-ring (bicyclic) bond motifs is 3. The molecule has 0 amide bonds. The first-order valence-electron chi connectivity index (χ1n) is 10.7. The van der Waals surface area contributed by atoms with Crippen LogP contribution in [0.2, 0.25) is 0 Å². The number of ether oxygens (including phenoxy) is 1. The molecule has 1 aliphatic rings. The zero-order valence-electron chi connectivity index (χ0n) is 17.4. The molecular formula is C25H21N5O2. The number of nitrogens with zero attached hydrogens (tertiary/aromatic N) is 5. The summed E-state index contributed by atoms with van der Waals surface area (Å²) in [5.41, 5.74) is 3.59. The Labute approximate surface area is 184 Å². The van der Waals surface area contributed by atoms with Crippen molar-refractivity contribution in [2.75, 3.05) is 18.1 Å². The fourth-order valence-electron chi connectivity index (χ4n) is 4.34. The third kappa shape index (κ3) is 3.10. The van der Waals surface area contributed by atoms with Crippen LogP contribution >= 0.6 is 0 Å². The van der Waals surface area contributed by atoms with Gasteiger partial charge in [-0.3, -0.25) is 4.79 Å². The molecule has 0 bridgehead atoms. The Morgan fingerprint density at radius 3 is 2.78 bits per heavy atom. The molecule has 7 nitrogen and oxygen atoms in total. The molecule has 6 rings (SSSR count). The standard InChI is InChI=1S/C25H21N5O2/c31-25-24-18(6-5-8-21(24)29-14-15-32-22-9-2-1-7-20(22)29)16-26-30(25)13-11-19-17-28-12-4-3-10-23(28)27-19/h1-10,12,16-17H,11,13-15H2. The first-order chi connectivity index (χ1) is 15.8. The van der Waals surface area contributed by atoms with Crippen LogP contribution in [0.1, 0.15) is 5.69 Å². The quantitative estimate of drug-likeness (QED) is 0.440. The second-order valence-electron chi connectivity index (χ2n) is 7.83. The third-order valence-electron chi connectivity index (χ3n) is 5.87. The maximum Gasteiger partial charge on any atom is 0.276 e. The smallest absolute Gasteiger partial charge is 0.276 e. The number of imidazole rings is 1. The van der Waals surface area contributed by atoms with Gasteiger partial charge in [-0.05, 0) is 30.3 Å². The molecule has 4 heterocycles. The summed E-state index contributed by atoms with van der Waals surface area (Å²) >= 11 is 0. The predicted octanol–water partition coefficient (Wildman–Crippen LogP) is 3.82. The van der Waals surface area contributed by atoms with Gasteiger partial charge in [-0.15, -0.1) is 0 Å². The molecule has 158 valence electrons. The normalized spacial score (nSPS) is 13.3. The van der Waals surface area contributed by atoms with Crippen molar-refractivity contribution in [3.8, 4) is 5.75 Å². The Kier molecular flexibility index (Phi) is 4.38. The minimum atomic E-state index is -0.0918. The average molecular weight is 423 g/mol. The molecule has 0 N–H and O–H groups in total. The maximum atomic E-state index is 13.5. The topological polar surface area (TPSA) is 64.7 Å². The van der Waals surface area contributed by atoms with E-state index in [0.29, 0.717) is 31.5 Å². The van der Waals surface area contributed by atoms with Crippen LogP contribution in [-0.2, 0) is 13.0 Å². The molecule has 0 radical (unpaired) electrons. The van der Waals surface area contributed by atoms with Gasteiger partial charge in [-0.2, -0.15) is 5.10 Å².